The number of ether oxygens (including phenoxy) is 1. The number of likely N-dealkylation sites (tertiary alicyclic amines) is 1. The third-order valence-electron chi connectivity index (χ3n) is 5.04. The fourth-order valence-corrected chi connectivity index (χ4v) is 4.41. The average molecular weight is 361 g/mol. The number of amides is 1. The average Bonchev–Trinajstić information content (AvgIpc) is 3.09. The van der Waals surface area contributed by atoms with Gasteiger partial charge in [-0.15, -0.1) is 11.3 Å². The summed E-state index contributed by atoms with van der Waals surface area (Å²) in [5.41, 5.74) is 3.19. The van der Waals surface area contributed by atoms with Crippen LogP contribution in [-0.2, 0) is 16.1 Å². The van der Waals surface area contributed by atoms with E-state index in [2.05, 4.69) is 22.2 Å². The van der Waals surface area contributed by atoms with Gasteiger partial charge in [0.05, 0.1) is 22.8 Å². The zero-order valence-electron chi connectivity index (χ0n) is 14.0. The largest absolute Gasteiger partial charge is 0.362 e. The zero-order chi connectivity index (χ0) is 17.4. The number of hydrogen-bond donors (Lipinski definition) is 0. The highest BCUT2D eigenvalue weighted by molar-refractivity contribution is 7.07. The second-order valence-electron chi connectivity index (χ2n) is 6.84. The van der Waals surface area contributed by atoms with E-state index in [0.717, 1.165) is 37.4 Å². The molecule has 2 aromatic rings. The van der Waals surface area contributed by atoms with Crippen molar-refractivity contribution in [1.29, 1.82) is 0 Å². The Bertz CT molecular complexity index is 752. The number of aromatic nitrogens is 1. The van der Waals surface area contributed by atoms with Crippen LogP contribution in [0.5, 0.6) is 0 Å². The number of thiazole rings is 1. The number of morpholine rings is 1. The van der Waals surface area contributed by atoms with E-state index in [1.807, 2.05) is 5.51 Å². The van der Waals surface area contributed by atoms with Crippen molar-refractivity contribution in [3.05, 3.63) is 46.7 Å². The van der Waals surface area contributed by atoms with Crippen LogP contribution < -0.4 is 4.90 Å². The van der Waals surface area contributed by atoms with Gasteiger partial charge in [-0.1, -0.05) is 0 Å². The van der Waals surface area contributed by atoms with Crippen molar-refractivity contribution in [3.63, 3.8) is 0 Å². The summed E-state index contributed by atoms with van der Waals surface area (Å²) in [6, 6.07) is 6.08. The Balaban J connectivity index is 1.56. The predicted octanol–water partition coefficient (Wildman–Crippen LogP) is 2.68. The van der Waals surface area contributed by atoms with Gasteiger partial charge in [0.25, 0.3) is 5.91 Å². The van der Waals surface area contributed by atoms with Crippen LogP contribution in [-0.4, -0.2) is 47.1 Å². The van der Waals surface area contributed by atoms with Crippen molar-refractivity contribution >= 4 is 22.9 Å². The molecule has 2 aliphatic rings. The highest BCUT2D eigenvalue weighted by atomic mass is 32.1. The first kappa shape index (κ1) is 16.6. The van der Waals surface area contributed by atoms with Crippen molar-refractivity contribution in [2.45, 2.75) is 31.5 Å². The molecule has 2 atom stereocenters. The number of piperidine rings is 1. The Hall–Kier alpha value is -1.83. The normalized spacial score (nSPS) is 27.4. The molecular weight excluding hydrogens is 341 g/mol. The molecule has 0 bridgehead atoms. The Morgan fingerprint density at radius 1 is 1.40 bits per heavy atom. The number of anilines is 1. The van der Waals surface area contributed by atoms with E-state index >= 15 is 0 Å². The summed E-state index contributed by atoms with van der Waals surface area (Å²) in [4.78, 5) is 21.0. The van der Waals surface area contributed by atoms with Gasteiger partial charge >= 0.3 is 0 Å². The van der Waals surface area contributed by atoms with Gasteiger partial charge in [-0.25, -0.2) is 9.37 Å². The van der Waals surface area contributed by atoms with Crippen LogP contribution in [0.15, 0.2) is 35.2 Å². The topological polar surface area (TPSA) is 45.7 Å². The van der Waals surface area contributed by atoms with Crippen LogP contribution in [0.4, 0.5) is 10.1 Å². The quantitative estimate of drug-likeness (QED) is 0.843. The molecule has 0 spiro atoms. The Morgan fingerprint density at radius 3 is 2.92 bits per heavy atom. The highest BCUT2D eigenvalue weighted by Gasteiger charge is 2.49. The van der Waals surface area contributed by atoms with Crippen LogP contribution in [0.1, 0.15) is 19.0 Å². The predicted molar refractivity (Wildman–Crippen MR) is 94.0 cm³/mol. The van der Waals surface area contributed by atoms with Crippen molar-refractivity contribution in [2.24, 2.45) is 0 Å². The van der Waals surface area contributed by atoms with E-state index in [1.54, 1.807) is 28.4 Å². The molecule has 3 heterocycles. The zero-order valence-corrected chi connectivity index (χ0v) is 14.8. The van der Waals surface area contributed by atoms with E-state index in [-0.39, 0.29) is 24.4 Å². The summed E-state index contributed by atoms with van der Waals surface area (Å²) in [5.74, 6) is -0.368. The van der Waals surface area contributed by atoms with Crippen molar-refractivity contribution in [2.75, 3.05) is 24.6 Å². The van der Waals surface area contributed by atoms with E-state index < -0.39 is 5.60 Å². The van der Waals surface area contributed by atoms with E-state index in [0.29, 0.717) is 0 Å². The second-order valence-corrected chi connectivity index (χ2v) is 7.56. The smallest absolute Gasteiger partial charge is 0.253 e. The number of halogens is 1. The first-order valence-corrected chi connectivity index (χ1v) is 9.30. The second kappa shape index (κ2) is 6.48. The summed E-state index contributed by atoms with van der Waals surface area (Å²) in [6.07, 6.45) is 0.809. The van der Waals surface area contributed by atoms with Crippen LogP contribution in [0.2, 0.25) is 0 Å². The first-order valence-electron chi connectivity index (χ1n) is 8.36. The summed E-state index contributed by atoms with van der Waals surface area (Å²) < 4.78 is 19.2. The molecule has 0 N–H and O–H groups in total. The SMILES string of the molecule is C[C@@]12CN(Cc3cscn3)CC[C@H]1N(c1ccc(F)cc1)C(=O)CO2. The number of rotatable bonds is 3. The number of hydrogen-bond acceptors (Lipinski definition) is 5. The number of carbonyl (C=O) groups excluding carboxylic acids is 1. The number of benzene rings is 1. The molecule has 132 valence electrons. The molecule has 2 aliphatic heterocycles. The lowest BCUT2D eigenvalue weighted by Gasteiger charge is -2.52. The van der Waals surface area contributed by atoms with Gasteiger partial charge < -0.3 is 9.64 Å². The Morgan fingerprint density at radius 2 is 2.20 bits per heavy atom. The summed E-state index contributed by atoms with van der Waals surface area (Å²) in [6.45, 7) is 4.51. The Labute approximate surface area is 150 Å². The van der Waals surface area contributed by atoms with E-state index in [1.165, 1.54) is 12.1 Å². The van der Waals surface area contributed by atoms with Gasteiger partial charge in [0.1, 0.15) is 12.4 Å². The molecule has 1 aromatic carbocycles. The fraction of sp³-hybridized carbons (Fsp3) is 0.444. The lowest BCUT2D eigenvalue weighted by Crippen LogP contribution is -2.67. The minimum absolute atomic E-state index is 0.0501. The van der Waals surface area contributed by atoms with E-state index in [9.17, 15) is 9.18 Å². The van der Waals surface area contributed by atoms with Crippen molar-refractivity contribution < 1.29 is 13.9 Å². The molecule has 4 rings (SSSR count). The molecule has 5 nitrogen and oxygen atoms in total. The summed E-state index contributed by atoms with van der Waals surface area (Å²) in [7, 11) is 0. The third kappa shape index (κ3) is 3.19. The maximum absolute atomic E-state index is 13.3. The van der Waals surface area contributed by atoms with Crippen LogP contribution in [0, 0.1) is 5.82 Å². The molecule has 25 heavy (non-hydrogen) atoms. The molecule has 2 fully saturated rings. The molecule has 0 saturated carbocycles. The number of nitrogens with zero attached hydrogens (tertiary/aromatic N) is 3. The molecular formula is C18H20FN3O2S. The van der Waals surface area contributed by atoms with Crippen LogP contribution >= 0.6 is 11.3 Å². The van der Waals surface area contributed by atoms with Crippen LogP contribution in [0.25, 0.3) is 0 Å². The lowest BCUT2D eigenvalue weighted by molar-refractivity contribution is -0.152. The maximum atomic E-state index is 13.3. The maximum Gasteiger partial charge on any atom is 0.253 e. The number of fused-ring (bicyclic) bond motifs is 1. The molecule has 0 aliphatic carbocycles. The van der Waals surface area contributed by atoms with Gasteiger partial charge in [0, 0.05) is 30.7 Å². The van der Waals surface area contributed by atoms with Gasteiger partial charge in [-0.3, -0.25) is 9.69 Å². The molecule has 1 amide bonds. The highest BCUT2D eigenvalue weighted by Crippen LogP contribution is 2.36. The van der Waals surface area contributed by atoms with Gasteiger partial charge in [-0.05, 0) is 37.6 Å². The van der Waals surface area contributed by atoms with Crippen LogP contribution in [0.3, 0.4) is 0 Å². The van der Waals surface area contributed by atoms with Gasteiger partial charge in [0.15, 0.2) is 0 Å². The summed E-state index contributed by atoms with van der Waals surface area (Å²) in [5, 5.41) is 2.06. The van der Waals surface area contributed by atoms with Crippen molar-refractivity contribution in [1.82, 2.24) is 9.88 Å². The molecule has 7 heteroatoms. The molecule has 0 radical (unpaired) electrons. The monoisotopic (exact) mass is 361 g/mol. The molecule has 2 saturated heterocycles. The third-order valence-corrected chi connectivity index (χ3v) is 5.68. The molecule has 0 unspecified atom stereocenters. The van der Waals surface area contributed by atoms with Gasteiger partial charge in [0.2, 0.25) is 0 Å². The van der Waals surface area contributed by atoms with E-state index in [4.69, 9.17) is 4.74 Å². The minimum atomic E-state index is -0.448. The van der Waals surface area contributed by atoms with Gasteiger partial charge in [-0.2, -0.15) is 0 Å². The fourth-order valence-electron chi connectivity index (χ4n) is 3.86. The molecule has 1 aromatic heterocycles. The standard InChI is InChI=1S/C18H20FN3O2S/c1-18-11-21(8-14-10-25-12-20-14)7-6-16(18)22(17(23)9-24-18)15-4-2-13(19)3-5-15/h2-5,10,12,16H,6-9,11H2,1H3/t16-,18-/m1/s1. The summed E-state index contributed by atoms with van der Waals surface area (Å²) >= 11 is 1.60. The lowest BCUT2D eigenvalue weighted by atomic mass is 9.85. The number of carbonyl (C=O) groups is 1. The minimum Gasteiger partial charge on any atom is -0.362 e. The van der Waals surface area contributed by atoms with Crippen molar-refractivity contribution in [3.8, 4) is 0 Å². The Kier molecular flexibility index (Phi) is 4.31. The first-order chi connectivity index (χ1) is 12.0.